The molecule has 1 unspecified atom stereocenters. The lowest BCUT2D eigenvalue weighted by Crippen LogP contribution is -2.54. The Morgan fingerprint density at radius 2 is 1.72 bits per heavy atom. The van der Waals surface area contributed by atoms with Crippen molar-refractivity contribution in [3.8, 4) is 11.5 Å². The minimum absolute atomic E-state index is 0.520. The van der Waals surface area contributed by atoms with Gasteiger partial charge in [0.25, 0.3) is 0 Å². The fourth-order valence-corrected chi connectivity index (χ4v) is 7.74. The van der Waals surface area contributed by atoms with Crippen molar-refractivity contribution in [2.75, 3.05) is 7.11 Å². The number of methoxy groups -OCH3 is 1. The van der Waals surface area contributed by atoms with Crippen molar-refractivity contribution in [1.82, 2.24) is 5.32 Å². The summed E-state index contributed by atoms with van der Waals surface area (Å²) in [7, 11) is 1.72. The van der Waals surface area contributed by atoms with Crippen LogP contribution in [-0.4, -0.2) is 13.2 Å². The lowest BCUT2D eigenvalue weighted by Gasteiger charge is -2.59. The van der Waals surface area contributed by atoms with Gasteiger partial charge in [-0.2, -0.15) is 0 Å². The molecule has 0 heterocycles. The molecule has 32 heavy (non-hydrogen) atoms. The molecule has 4 fully saturated rings. The van der Waals surface area contributed by atoms with Crippen molar-refractivity contribution in [1.29, 1.82) is 0 Å². The van der Waals surface area contributed by atoms with Gasteiger partial charge in [0, 0.05) is 12.6 Å². The first-order valence-electron chi connectivity index (χ1n) is 12.2. The highest BCUT2D eigenvalue weighted by Crippen LogP contribution is 2.61. The SMILES string of the molecule is COc1cc(CNC(C)C23CC4CC(CC(C4)C2)C3)cc(Br)c1OCc1ccccc1C. The normalized spacial score (nSPS) is 29.2. The van der Waals surface area contributed by atoms with E-state index in [1.807, 2.05) is 0 Å². The maximum Gasteiger partial charge on any atom is 0.175 e. The molecular weight excluding hydrogens is 462 g/mol. The first-order chi connectivity index (χ1) is 15.5. The molecular formula is C28H36BrNO2. The van der Waals surface area contributed by atoms with Crippen LogP contribution in [0.15, 0.2) is 40.9 Å². The molecule has 2 aromatic rings. The number of benzene rings is 2. The number of rotatable bonds is 8. The molecule has 4 heteroatoms. The molecule has 0 radical (unpaired) electrons. The second kappa shape index (κ2) is 9.02. The van der Waals surface area contributed by atoms with Gasteiger partial charge in [-0.05, 0) is 120 Å². The first kappa shape index (κ1) is 22.3. The fourth-order valence-electron chi connectivity index (χ4n) is 7.13. The molecule has 6 rings (SSSR count). The van der Waals surface area contributed by atoms with E-state index in [2.05, 4.69) is 71.5 Å². The highest BCUT2D eigenvalue weighted by molar-refractivity contribution is 9.10. The van der Waals surface area contributed by atoms with Crippen LogP contribution in [0, 0.1) is 30.1 Å². The molecule has 0 aromatic heterocycles. The number of aryl methyl sites for hydroxylation is 1. The van der Waals surface area contributed by atoms with Crippen LogP contribution in [0.2, 0.25) is 0 Å². The molecule has 4 aliphatic rings. The predicted molar refractivity (Wildman–Crippen MR) is 133 cm³/mol. The minimum Gasteiger partial charge on any atom is -0.493 e. The minimum atomic E-state index is 0.520. The number of halogens is 1. The molecule has 1 atom stereocenters. The van der Waals surface area contributed by atoms with E-state index in [0.29, 0.717) is 18.1 Å². The molecule has 0 amide bonds. The third-order valence-corrected chi connectivity index (χ3v) is 9.13. The van der Waals surface area contributed by atoms with Crippen molar-refractivity contribution >= 4 is 15.9 Å². The van der Waals surface area contributed by atoms with Gasteiger partial charge in [-0.25, -0.2) is 0 Å². The predicted octanol–water partition coefficient (Wildman–Crippen LogP) is 7.04. The lowest BCUT2D eigenvalue weighted by molar-refractivity contribution is -0.0706. The standard InChI is InChI=1S/C28H36BrNO2/c1-18-6-4-5-7-24(18)17-32-27-25(29)11-23(12-26(27)31-3)16-30-19(2)28-13-20-8-21(14-28)10-22(9-20)15-28/h4-7,11-12,19-22,30H,8-10,13-17H2,1-3H3. The van der Waals surface area contributed by atoms with Crippen molar-refractivity contribution < 1.29 is 9.47 Å². The molecule has 1 N–H and O–H groups in total. The zero-order valence-electron chi connectivity index (χ0n) is 19.6. The quantitative estimate of drug-likeness (QED) is 0.424. The fraction of sp³-hybridized carbons (Fsp3) is 0.571. The van der Waals surface area contributed by atoms with Gasteiger partial charge in [-0.3, -0.25) is 0 Å². The Kier molecular flexibility index (Phi) is 6.28. The summed E-state index contributed by atoms with van der Waals surface area (Å²) in [4.78, 5) is 0. The van der Waals surface area contributed by atoms with Crippen molar-refractivity contribution in [3.63, 3.8) is 0 Å². The summed E-state index contributed by atoms with van der Waals surface area (Å²) in [5, 5.41) is 3.90. The largest absolute Gasteiger partial charge is 0.493 e. The average molecular weight is 499 g/mol. The van der Waals surface area contributed by atoms with Crippen molar-refractivity contribution in [2.24, 2.45) is 23.2 Å². The Bertz CT molecular complexity index is 937. The average Bonchev–Trinajstić information content (AvgIpc) is 2.76. The van der Waals surface area contributed by atoms with Gasteiger partial charge in [0.1, 0.15) is 6.61 Å². The van der Waals surface area contributed by atoms with Gasteiger partial charge in [-0.15, -0.1) is 0 Å². The first-order valence-corrected chi connectivity index (χ1v) is 13.0. The molecule has 4 bridgehead atoms. The van der Waals surface area contributed by atoms with Gasteiger partial charge >= 0.3 is 0 Å². The number of ether oxygens (including phenoxy) is 2. The van der Waals surface area contributed by atoms with Gasteiger partial charge in [0.15, 0.2) is 11.5 Å². The monoisotopic (exact) mass is 497 g/mol. The summed E-state index contributed by atoms with van der Waals surface area (Å²) in [6, 6.07) is 13.2. The van der Waals surface area contributed by atoms with E-state index in [0.717, 1.165) is 40.3 Å². The van der Waals surface area contributed by atoms with Gasteiger partial charge < -0.3 is 14.8 Å². The zero-order chi connectivity index (χ0) is 22.3. The number of nitrogens with one attached hydrogen (secondary N) is 1. The molecule has 3 nitrogen and oxygen atoms in total. The van der Waals surface area contributed by atoms with E-state index in [1.54, 1.807) is 7.11 Å². The number of hydrogen-bond acceptors (Lipinski definition) is 3. The van der Waals surface area contributed by atoms with Crippen molar-refractivity contribution in [3.05, 3.63) is 57.6 Å². The van der Waals surface area contributed by atoms with Crippen LogP contribution in [0.3, 0.4) is 0 Å². The van der Waals surface area contributed by atoms with E-state index < -0.39 is 0 Å². The smallest absolute Gasteiger partial charge is 0.175 e. The molecule has 4 saturated carbocycles. The van der Waals surface area contributed by atoms with Crippen LogP contribution in [0.4, 0.5) is 0 Å². The van der Waals surface area contributed by atoms with E-state index in [9.17, 15) is 0 Å². The Labute approximate surface area is 201 Å². The van der Waals surface area contributed by atoms with Crippen LogP contribution in [-0.2, 0) is 13.2 Å². The van der Waals surface area contributed by atoms with Gasteiger partial charge in [-0.1, -0.05) is 24.3 Å². The Morgan fingerprint density at radius 1 is 1.06 bits per heavy atom. The lowest BCUT2D eigenvalue weighted by atomic mass is 9.48. The van der Waals surface area contributed by atoms with Crippen molar-refractivity contribution in [2.45, 2.75) is 71.6 Å². The van der Waals surface area contributed by atoms with Gasteiger partial charge in [0.2, 0.25) is 0 Å². The van der Waals surface area contributed by atoms with Crippen LogP contribution >= 0.6 is 15.9 Å². The third kappa shape index (κ3) is 4.33. The summed E-state index contributed by atoms with van der Waals surface area (Å²) in [5.74, 6) is 4.53. The highest BCUT2D eigenvalue weighted by atomic mass is 79.9. The van der Waals surface area contributed by atoms with Gasteiger partial charge in [0.05, 0.1) is 11.6 Å². The summed E-state index contributed by atoms with van der Waals surface area (Å²) in [6.07, 6.45) is 8.81. The van der Waals surface area contributed by atoms with E-state index in [4.69, 9.17) is 9.47 Å². The van der Waals surface area contributed by atoms with Crippen LogP contribution < -0.4 is 14.8 Å². The third-order valence-electron chi connectivity index (χ3n) is 8.54. The van der Waals surface area contributed by atoms with Crippen LogP contribution in [0.25, 0.3) is 0 Å². The second-order valence-corrected chi connectivity index (χ2v) is 11.6. The Balaban J connectivity index is 1.25. The molecule has 0 saturated heterocycles. The summed E-state index contributed by atoms with van der Waals surface area (Å²) in [5.41, 5.74) is 4.18. The molecule has 4 aliphatic carbocycles. The maximum absolute atomic E-state index is 6.18. The summed E-state index contributed by atoms with van der Waals surface area (Å²) in [6.45, 7) is 5.93. The highest BCUT2D eigenvalue weighted by Gasteiger charge is 2.52. The van der Waals surface area contributed by atoms with Crippen LogP contribution in [0.1, 0.15) is 62.1 Å². The van der Waals surface area contributed by atoms with E-state index >= 15 is 0 Å². The topological polar surface area (TPSA) is 30.5 Å². The molecule has 2 aromatic carbocycles. The Morgan fingerprint density at radius 3 is 2.34 bits per heavy atom. The molecule has 0 spiro atoms. The summed E-state index contributed by atoms with van der Waals surface area (Å²) < 4.78 is 12.8. The summed E-state index contributed by atoms with van der Waals surface area (Å²) >= 11 is 3.74. The van der Waals surface area contributed by atoms with E-state index in [1.165, 1.54) is 55.2 Å². The van der Waals surface area contributed by atoms with Crippen LogP contribution in [0.5, 0.6) is 11.5 Å². The van der Waals surface area contributed by atoms with E-state index in [-0.39, 0.29) is 0 Å². The maximum atomic E-state index is 6.18. The molecule has 172 valence electrons. The zero-order valence-corrected chi connectivity index (χ0v) is 21.2. The number of hydrogen-bond donors (Lipinski definition) is 1. The Hall–Kier alpha value is -1.52. The molecule has 0 aliphatic heterocycles. The second-order valence-electron chi connectivity index (χ2n) is 10.7.